The Kier molecular flexibility index (Phi) is 5.66. The number of carbonyl (C=O) groups excluding carboxylic acids is 1. The minimum Gasteiger partial charge on any atom is -0.339 e. The van der Waals surface area contributed by atoms with Crippen molar-refractivity contribution in [2.75, 3.05) is 45.8 Å². The number of rotatable bonds is 4. The summed E-state index contributed by atoms with van der Waals surface area (Å²) >= 11 is 0. The summed E-state index contributed by atoms with van der Waals surface area (Å²) in [7, 11) is -3.54. The van der Waals surface area contributed by atoms with Gasteiger partial charge in [-0.05, 0) is 48.8 Å². The van der Waals surface area contributed by atoms with Crippen LogP contribution in [0.4, 0.5) is 0 Å². The third-order valence-electron chi connectivity index (χ3n) is 5.76. The van der Waals surface area contributed by atoms with E-state index in [-0.39, 0.29) is 5.91 Å². The first-order chi connectivity index (χ1) is 13.5. The molecule has 2 aliphatic rings. The number of benzene rings is 2. The number of sulfonamides is 1. The van der Waals surface area contributed by atoms with Crippen LogP contribution in [0.3, 0.4) is 0 Å². The molecule has 0 aliphatic carbocycles. The minimum absolute atomic E-state index is 0.115. The summed E-state index contributed by atoms with van der Waals surface area (Å²) in [5, 5.41) is 1.94. The van der Waals surface area contributed by atoms with Gasteiger partial charge in [-0.2, -0.15) is 4.31 Å². The number of piperazine rings is 1. The standard InChI is InChI=1S/C21H27N3O3S/c25-21(17-22-10-4-1-5-11-22)23-12-14-24(15-13-23)28(26,27)20-9-8-18-6-2-3-7-19(18)16-20/h2-3,6-9,16H,1,4-5,10-15,17H2. The molecule has 2 fully saturated rings. The maximum Gasteiger partial charge on any atom is 0.243 e. The first-order valence-electron chi connectivity index (χ1n) is 10.0. The van der Waals surface area contributed by atoms with E-state index in [9.17, 15) is 13.2 Å². The summed E-state index contributed by atoms with van der Waals surface area (Å²) in [5.41, 5.74) is 0. The van der Waals surface area contributed by atoms with Crippen molar-refractivity contribution >= 4 is 26.7 Å². The minimum atomic E-state index is -3.54. The number of hydrogen-bond donors (Lipinski definition) is 0. The van der Waals surface area contributed by atoms with Gasteiger partial charge < -0.3 is 4.90 Å². The predicted octanol–water partition coefficient (Wildman–Crippen LogP) is 2.16. The van der Waals surface area contributed by atoms with Crippen molar-refractivity contribution in [3.63, 3.8) is 0 Å². The molecule has 0 radical (unpaired) electrons. The van der Waals surface area contributed by atoms with Crippen molar-refractivity contribution < 1.29 is 13.2 Å². The lowest BCUT2D eigenvalue weighted by Gasteiger charge is -2.35. The maximum atomic E-state index is 13.0. The largest absolute Gasteiger partial charge is 0.339 e. The smallest absolute Gasteiger partial charge is 0.243 e. The van der Waals surface area contributed by atoms with Crippen LogP contribution in [0.2, 0.25) is 0 Å². The van der Waals surface area contributed by atoms with Gasteiger partial charge >= 0.3 is 0 Å². The molecule has 2 aromatic rings. The Morgan fingerprint density at radius 1 is 0.821 bits per heavy atom. The summed E-state index contributed by atoms with van der Waals surface area (Å²) in [6.07, 6.45) is 3.56. The van der Waals surface area contributed by atoms with Crippen molar-refractivity contribution in [1.29, 1.82) is 0 Å². The van der Waals surface area contributed by atoms with E-state index in [1.807, 2.05) is 30.3 Å². The molecule has 28 heavy (non-hydrogen) atoms. The first kappa shape index (κ1) is 19.4. The van der Waals surface area contributed by atoms with E-state index in [2.05, 4.69) is 4.90 Å². The molecule has 2 aromatic carbocycles. The molecule has 0 bridgehead atoms. The van der Waals surface area contributed by atoms with Gasteiger partial charge in [0.2, 0.25) is 15.9 Å². The monoisotopic (exact) mass is 401 g/mol. The van der Waals surface area contributed by atoms with Crippen LogP contribution in [0, 0.1) is 0 Å². The highest BCUT2D eigenvalue weighted by molar-refractivity contribution is 7.89. The van der Waals surface area contributed by atoms with E-state index in [1.54, 1.807) is 17.0 Å². The summed E-state index contributed by atoms with van der Waals surface area (Å²) in [4.78, 5) is 16.9. The molecular weight excluding hydrogens is 374 g/mol. The molecule has 4 rings (SSSR count). The molecule has 6 nitrogen and oxygen atoms in total. The quantitative estimate of drug-likeness (QED) is 0.788. The van der Waals surface area contributed by atoms with E-state index < -0.39 is 10.0 Å². The first-order valence-corrected chi connectivity index (χ1v) is 11.5. The molecule has 2 saturated heterocycles. The van der Waals surface area contributed by atoms with Crippen LogP contribution in [0.25, 0.3) is 10.8 Å². The Hall–Kier alpha value is -1.96. The SMILES string of the molecule is O=C(CN1CCCCC1)N1CCN(S(=O)(=O)c2ccc3ccccc3c2)CC1. The molecule has 0 N–H and O–H groups in total. The fourth-order valence-electron chi connectivity index (χ4n) is 4.06. The van der Waals surface area contributed by atoms with Crippen LogP contribution in [-0.4, -0.2) is 74.2 Å². The summed E-state index contributed by atoms with van der Waals surface area (Å²) < 4.78 is 27.6. The van der Waals surface area contributed by atoms with Gasteiger partial charge in [-0.1, -0.05) is 36.8 Å². The molecule has 2 aliphatic heterocycles. The lowest BCUT2D eigenvalue weighted by molar-refractivity contribution is -0.133. The van der Waals surface area contributed by atoms with Gasteiger partial charge in [-0.3, -0.25) is 9.69 Å². The zero-order chi connectivity index (χ0) is 19.6. The molecule has 0 saturated carbocycles. The summed E-state index contributed by atoms with van der Waals surface area (Å²) in [6, 6.07) is 13.0. The predicted molar refractivity (Wildman–Crippen MR) is 110 cm³/mol. The topological polar surface area (TPSA) is 60.9 Å². The number of piperidine rings is 1. The second-order valence-corrected chi connectivity index (χ2v) is 9.57. The Morgan fingerprint density at radius 3 is 2.21 bits per heavy atom. The molecule has 0 aromatic heterocycles. The molecule has 150 valence electrons. The van der Waals surface area contributed by atoms with Gasteiger partial charge in [-0.25, -0.2) is 8.42 Å². The number of carbonyl (C=O) groups is 1. The van der Waals surface area contributed by atoms with Crippen LogP contribution >= 0.6 is 0 Å². The molecule has 0 spiro atoms. The van der Waals surface area contributed by atoms with Crippen LogP contribution < -0.4 is 0 Å². The second kappa shape index (κ2) is 8.19. The molecule has 2 heterocycles. The number of amides is 1. The van der Waals surface area contributed by atoms with Crippen molar-refractivity contribution in [2.24, 2.45) is 0 Å². The molecule has 0 unspecified atom stereocenters. The maximum absolute atomic E-state index is 13.0. The second-order valence-electron chi connectivity index (χ2n) is 7.63. The third-order valence-corrected chi connectivity index (χ3v) is 7.65. The highest BCUT2D eigenvalue weighted by Gasteiger charge is 2.30. The molecule has 1 amide bonds. The van der Waals surface area contributed by atoms with E-state index in [1.165, 1.54) is 10.7 Å². The number of hydrogen-bond acceptors (Lipinski definition) is 4. The lowest BCUT2D eigenvalue weighted by Crippen LogP contribution is -2.52. The number of fused-ring (bicyclic) bond motifs is 1. The van der Waals surface area contributed by atoms with Crippen molar-refractivity contribution in [3.05, 3.63) is 42.5 Å². The Morgan fingerprint density at radius 2 is 1.50 bits per heavy atom. The van der Waals surface area contributed by atoms with E-state index in [0.29, 0.717) is 37.6 Å². The Balaban J connectivity index is 1.39. The number of nitrogens with zero attached hydrogens (tertiary/aromatic N) is 3. The Labute approximate surface area is 166 Å². The number of likely N-dealkylation sites (tertiary alicyclic amines) is 1. The van der Waals surface area contributed by atoms with Gasteiger partial charge in [0, 0.05) is 26.2 Å². The molecule has 0 atom stereocenters. The van der Waals surface area contributed by atoms with Crippen LogP contribution in [0.5, 0.6) is 0 Å². The van der Waals surface area contributed by atoms with Gasteiger partial charge in [0.15, 0.2) is 0 Å². The van der Waals surface area contributed by atoms with Gasteiger partial charge in [0.1, 0.15) is 0 Å². The van der Waals surface area contributed by atoms with Gasteiger partial charge in [0.05, 0.1) is 11.4 Å². The summed E-state index contributed by atoms with van der Waals surface area (Å²) in [5.74, 6) is 0.115. The lowest BCUT2D eigenvalue weighted by atomic mass is 10.1. The van der Waals surface area contributed by atoms with E-state index >= 15 is 0 Å². The van der Waals surface area contributed by atoms with E-state index in [4.69, 9.17) is 0 Å². The zero-order valence-electron chi connectivity index (χ0n) is 16.1. The molecule has 7 heteroatoms. The van der Waals surface area contributed by atoms with Crippen LogP contribution in [0.1, 0.15) is 19.3 Å². The van der Waals surface area contributed by atoms with Gasteiger partial charge in [-0.15, -0.1) is 0 Å². The highest BCUT2D eigenvalue weighted by Crippen LogP contribution is 2.23. The van der Waals surface area contributed by atoms with E-state index in [0.717, 1.165) is 36.7 Å². The fourth-order valence-corrected chi connectivity index (χ4v) is 5.52. The van der Waals surface area contributed by atoms with Crippen molar-refractivity contribution in [1.82, 2.24) is 14.1 Å². The fraction of sp³-hybridized carbons (Fsp3) is 0.476. The van der Waals surface area contributed by atoms with Gasteiger partial charge in [0.25, 0.3) is 0 Å². The molecular formula is C21H27N3O3S. The van der Waals surface area contributed by atoms with Crippen molar-refractivity contribution in [2.45, 2.75) is 24.2 Å². The average molecular weight is 402 g/mol. The Bertz CT molecular complexity index is 946. The zero-order valence-corrected chi connectivity index (χ0v) is 16.9. The highest BCUT2D eigenvalue weighted by atomic mass is 32.2. The average Bonchev–Trinajstić information content (AvgIpc) is 2.74. The summed E-state index contributed by atoms with van der Waals surface area (Å²) in [6.45, 7) is 4.04. The van der Waals surface area contributed by atoms with Crippen molar-refractivity contribution in [3.8, 4) is 0 Å². The third kappa shape index (κ3) is 4.06. The van der Waals surface area contributed by atoms with Crippen LogP contribution in [0.15, 0.2) is 47.4 Å². The van der Waals surface area contributed by atoms with Crippen LogP contribution in [-0.2, 0) is 14.8 Å². The normalized spacial score (nSPS) is 19.8.